The normalized spacial score (nSPS) is 14.1. The van der Waals surface area contributed by atoms with Gasteiger partial charge in [0.25, 0.3) is 0 Å². The Bertz CT molecular complexity index is 920. The Morgan fingerprint density at radius 3 is 2.00 bits per heavy atom. The minimum absolute atomic E-state index is 0.115. The molecule has 1 saturated carbocycles. The molecular weight excluding hydrogens is 366 g/mol. The van der Waals surface area contributed by atoms with Gasteiger partial charge in [-0.2, -0.15) is 0 Å². The number of nitrogens with zero attached hydrogens (tertiary/aromatic N) is 3. The third kappa shape index (κ3) is 4.34. The zero-order chi connectivity index (χ0) is 20.1. The average molecular weight is 389 g/mol. The summed E-state index contributed by atoms with van der Waals surface area (Å²) in [6.45, 7) is 0. The minimum atomic E-state index is -0.410. The predicted octanol–water partition coefficient (Wildman–Crippen LogP) is 4.94. The first-order chi connectivity index (χ1) is 14.2. The van der Waals surface area contributed by atoms with Gasteiger partial charge >= 0.3 is 5.69 Å². The van der Waals surface area contributed by atoms with Gasteiger partial charge in [0.15, 0.2) is 0 Å². The standard InChI is InChI=1S/C22H23N5O2/c28-27(29)20-21(25-18-13-7-8-14-18)23-15-24-22(20)26-19(16-9-3-1-4-10-16)17-11-5-2-6-12-17/h1-6,9-12,15,18-19H,7-8,13-14H2,(H2,23,24,25,26). The third-order valence-electron chi connectivity index (χ3n) is 5.25. The Morgan fingerprint density at radius 1 is 0.897 bits per heavy atom. The Kier molecular flexibility index (Phi) is 5.65. The lowest BCUT2D eigenvalue weighted by molar-refractivity contribution is -0.383. The molecule has 0 saturated heterocycles. The first-order valence-corrected chi connectivity index (χ1v) is 9.84. The van der Waals surface area contributed by atoms with E-state index in [2.05, 4.69) is 20.6 Å². The van der Waals surface area contributed by atoms with Gasteiger partial charge in [-0.3, -0.25) is 10.1 Å². The van der Waals surface area contributed by atoms with E-state index in [1.165, 1.54) is 6.33 Å². The molecule has 0 unspecified atom stereocenters. The average Bonchev–Trinajstić information content (AvgIpc) is 3.26. The van der Waals surface area contributed by atoms with Gasteiger partial charge in [-0.05, 0) is 24.0 Å². The molecule has 1 aliphatic rings. The molecule has 0 amide bonds. The summed E-state index contributed by atoms with van der Waals surface area (Å²) in [4.78, 5) is 19.9. The van der Waals surface area contributed by atoms with E-state index < -0.39 is 4.92 Å². The molecule has 2 N–H and O–H groups in total. The monoisotopic (exact) mass is 389 g/mol. The van der Waals surface area contributed by atoms with Gasteiger partial charge < -0.3 is 10.6 Å². The maximum absolute atomic E-state index is 11.9. The number of hydrogen-bond donors (Lipinski definition) is 2. The zero-order valence-corrected chi connectivity index (χ0v) is 16.0. The summed E-state index contributed by atoms with van der Waals surface area (Å²) in [5, 5.41) is 18.5. The van der Waals surface area contributed by atoms with Crippen molar-refractivity contribution in [1.29, 1.82) is 0 Å². The van der Waals surface area contributed by atoms with Crippen molar-refractivity contribution in [1.82, 2.24) is 9.97 Å². The van der Waals surface area contributed by atoms with Crippen molar-refractivity contribution in [3.8, 4) is 0 Å². The van der Waals surface area contributed by atoms with Crippen LogP contribution in [0.15, 0.2) is 67.0 Å². The van der Waals surface area contributed by atoms with E-state index in [-0.39, 0.29) is 29.4 Å². The van der Waals surface area contributed by atoms with Gasteiger partial charge in [-0.1, -0.05) is 73.5 Å². The number of hydrogen-bond acceptors (Lipinski definition) is 6. The van der Waals surface area contributed by atoms with Crippen LogP contribution < -0.4 is 10.6 Å². The van der Waals surface area contributed by atoms with Gasteiger partial charge in [-0.25, -0.2) is 9.97 Å². The van der Waals surface area contributed by atoms with Gasteiger partial charge in [0.1, 0.15) is 6.33 Å². The lowest BCUT2D eigenvalue weighted by Crippen LogP contribution is -2.19. The molecule has 29 heavy (non-hydrogen) atoms. The quantitative estimate of drug-likeness (QED) is 0.439. The minimum Gasteiger partial charge on any atom is -0.361 e. The van der Waals surface area contributed by atoms with Gasteiger partial charge in [0, 0.05) is 6.04 Å². The second-order valence-electron chi connectivity index (χ2n) is 7.20. The van der Waals surface area contributed by atoms with Crippen LogP contribution in [0.5, 0.6) is 0 Å². The molecule has 0 radical (unpaired) electrons. The summed E-state index contributed by atoms with van der Waals surface area (Å²) in [6, 6.07) is 19.6. The van der Waals surface area contributed by atoms with Crippen molar-refractivity contribution in [2.45, 2.75) is 37.8 Å². The Labute approximate surface area is 169 Å². The van der Waals surface area contributed by atoms with Crippen LogP contribution in [-0.2, 0) is 0 Å². The van der Waals surface area contributed by atoms with Crippen LogP contribution in [0, 0.1) is 10.1 Å². The van der Waals surface area contributed by atoms with Crippen LogP contribution in [0.2, 0.25) is 0 Å². The molecule has 0 atom stereocenters. The molecule has 1 aliphatic carbocycles. The first kappa shape index (κ1) is 18.9. The largest absolute Gasteiger partial charge is 0.361 e. The Hall–Kier alpha value is -3.48. The second-order valence-corrected chi connectivity index (χ2v) is 7.20. The highest BCUT2D eigenvalue weighted by atomic mass is 16.6. The van der Waals surface area contributed by atoms with Crippen LogP contribution in [0.3, 0.4) is 0 Å². The SMILES string of the molecule is O=[N+]([O-])c1c(NC2CCCC2)ncnc1NC(c1ccccc1)c1ccccc1. The Morgan fingerprint density at radius 2 is 1.45 bits per heavy atom. The van der Waals surface area contributed by atoms with Crippen molar-refractivity contribution < 1.29 is 4.92 Å². The summed E-state index contributed by atoms with van der Waals surface area (Å²) < 4.78 is 0. The van der Waals surface area contributed by atoms with Crippen molar-refractivity contribution in [3.63, 3.8) is 0 Å². The van der Waals surface area contributed by atoms with E-state index in [0.29, 0.717) is 0 Å². The molecule has 1 aromatic heterocycles. The molecule has 2 aromatic carbocycles. The number of benzene rings is 2. The predicted molar refractivity (Wildman–Crippen MR) is 113 cm³/mol. The molecule has 1 heterocycles. The van der Waals surface area contributed by atoms with Crippen molar-refractivity contribution in [2.75, 3.05) is 10.6 Å². The number of nitro groups is 1. The van der Waals surface area contributed by atoms with Crippen LogP contribution in [-0.4, -0.2) is 20.9 Å². The number of rotatable bonds is 7. The molecule has 4 rings (SSSR count). The summed E-state index contributed by atoms with van der Waals surface area (Å²) in [5.74, 6) is 0.488. The van der Waals surface area contributed by atoms with Gasteiger partial charge in [0.2, 0.25) is 11.6 Å². The molecule has 7 nitrogen and oxygen atoms in total. The molecule has 1 fully saturated rings. The number of nitrogens with one attached hydrogen (secondary N) is 2. The zero-order valence-electron chi connectivity index (χ0n) is 16.0. The molecule has 148 valence electrons. The summed E-state index contributed by atoms with van der Waals surface area (Å²) in [6.07, 6.45) is 5.64. The smallest absolute Gasteiger partial charge is 0.353 e. The Balaban J connectivity index is 1.71. The molecule has 7 heteroatoms. The molecule has 0 bridgehead atoms. The fraction of sp³-hybridized carbons (Fsp3) is 0.273. The van der Waals surface area contributed by atoms with Gasteiger partial charge in [-0.15, -0.1) is 0 Å². The van der Waals surface area contributed by atoms with E-state index in [9.17, 15) is 10.1 Å². The number of aromatic nitrogens is 2. The summed E-state index contributed by atoms with van der Waals surface area (Å²) in [5.41, 5.74) is 1.88. The fourth-order valence-corrected chi connectivity index (χ4v) is 3.81. The van der Waals surface area contributed by atoms with Crippen molar-refractivity contribution >= 4 is 17.3 Å². The van der Waals surface area contributed by atoms with Crippen molar-refractivity contribution in [2.24, 2.45) is 0 Å². The maximum atomic E-state index is 11.9. The molecule has 3 aromatic rings. The highest BCUT2D eigenvalue weighted by molar-refractivity contribution is 5.70. The number of anilines is 2. The van der Waals surface area contributed by atoms with Crippen molar-refractivity contribution in [3.05, 3.63) is 88.2 Å². The van der Waals surface area contributed by atoms with E-state index in [1.807, 2.05) is 60.7 Å². The second kappa shape index (κ2) is 8.68. The van der Waals surface area contributed by atoms with Gasteiger partial charge in [0.05, 0.1) is 11.0 Å². The molecule has 0 spiro atoms. The van der Waals surface area contributed by atoms with E-state index in [1.54, 1.807) is 0 Å². The van der Waals surface area contributed by atoms with E-state index in [4.69, 9.17) is 0 Å². The van der Waals surface area contributed by atoms with Crippen LogP contribution in [0.4, 0.5) is 17.3 Å². The van der Waals surface area contributed by atoms with Crippen LogP contribution >= 0.6 is 0 Å². The van der Waals surface area contributed by atoms with E-state index in [0.717, 1.165) is 36.8 Å². The molecular formula is C22H23N5O2. The van der Waals surface area contributed by atoms with E-state index >= 15 is 0 Å². The first-order valence-electron chi connectivity index (χ1n) is 9.84. The molecule has 0 aliphatic heterocycles. The maximum Gasteiger partial charge on any atom is 0.353 e. The topological polar surface area (TPSA) is 93.0 Å². The lowest BCUT2D eigenvalue weighted by Gasteiger charge is -2.21. The highest BCUT2D eigenvalue weighted by Gasteiger charge is 2.28. The lowest BCUT2D eigenvalue weighted by atomic mass is 9.99. The fourth-order valence-electron chi connectivity index (χ4n) is 3.81. The summed E-state index contributed by atoms with van der Waals surface area (Å²) >= 11 is 0. The highest BCUT2D eigenvalue weighted by Crippen LogP contribution is 2.35. The third-order valence-corrected chi connectivity index (χ3v) is 5.25. The summed E-state index contributed by atoms with van der Waals surface area (Å²) in [7, 11) is 0. The van der Waals surface area contributed by atoms with Crippen LogP contribution in [0.25, 0.3) is 0 Å². The van der Waals surface area contributed by atoms with Crippen LogP contribution in [0.1, 0.15) is 42.9 Å².